The molecule has 0 amide bonds. The summed E-state index contributed by atoms with van der Waals surface area (Å²) in [5.41, 5.74) is 6.62. The third-order valence-corrected chi connectivity index (χ3v) is 6.31. The fourth-order valence-electron chi connectivity index (χ4n) is 4.91. The summed E-state index contributed by atoms with van der Waals surface area (Å²) < 4.78 is 5.71. The first-order valence-corrected chi connectivity index (χ1v) is 9.69. The zero-order valence-corrected chi connectivity index (χ0v) is 16.9. The van der Waals surface area contributed by atoms with Crippen molar-refractivity contribution in [1.82, 2.24) is 4.90 Å². The van der Waals surface area contributed by atoms with Gasteiger partial charge in [-0.15, -0.1) is 0 Å². The second-order valence-electron chi connectivity index (χ2n) is 7.80. The highest BCUT2D eigenvalue weighted by Crippen LogP contribution is 2.56. The van der Waals surface area contributed by atoms with Crippen LogP contribution in [0.5, 0.6) is 5.75 Å². The van der Waals surface area contributed by atoms with Gasteiger partial charge in [0, 0.05) is 30.5 Å². The van der Waals surface area contributed by atoms with Crippen LogP contribution < -0.4 is 10.5 Å². The van der Waals surface area contributed by atoms with E-state index in [1.54, 1.807) is 7.11 Å². The molecular formula is C24H21N5O. The number of hydrogen-bond acceptors (Lipinski definition) is 6. The van der Waals surface area contributed by atoms with Gasteiger partial charge in [-0.05, 0) is 29.5 Å². The van der Waals surface area contributed by atoms with Gasteiger partial charge < -0.3 is 15.4 Å². The van der Waals surface area contributed by atoms with E-state index in [0.29, 0.717) is 18.8 Å². The van der Waals surface area contributed by atoms with Crippen LogP contribution in [0, 0.1) is 45.3 Å². The summed E-state index contributed by atoms with van der Waals surface area (Å²) in [6, 6.07) is 18.2. The lowest BCUT2D eigenvalue weighted by atomic mass is 9.57. The molecule has 148 valence electrons. The minimum Gasteiger partial charge on any atom is -0.496 e. The molecule has 2 aromatic rings. The Kier molecular flexibility index (Phi) is 4.70. The minimum atomic E-state index is -1.68. The van der Waals surface area contributed by atoms with Crippen molar-refractivity contribution >= 4 is 10.8 Å². The van der Waals surface area contributed by atoms with Crippen LogP contribution in [0.4, 0.5) is 0 Å². The molecule has 2 atom stereocenters. The summed E-state index contributed by atoms with van der Waals surface area (Å²) in [6.07, 6.45) is 1.99. The number of allylic oxidation sites excluding steroid dienone is 2. The molecule has 6 nitrogen and oxygen atoms in total. The molecule has 0 radical (unpaired) electrons. The summed E-state index contributed by atoms with van der Waals surface area (Å²) >= 11 is 0. The highest BCUT2D eigenvalue weighted by Gasteiger charge is 2.55. The van der Waals surface area contributed by atoms with Crippen molar-refractivity contribution in [3.05, 3.63) is 64.9 Å². The molecule has 30 heavy (non-hydrogen) atoms. The second-order valence-corrected chi connectivity index (χ2v) is 7.80. The molecular weight excluding hydrogens is 374 g/mol. The topological polar surface area (TPSA) is 110 Å². The van der Waals surface area contributed by atoms with Gasteiger partial charge in [0.05, 0.1) is 30.5 Å². The number of likely N-dealkylation sites (N-methyl/N-ethyl adjacent to an activating group) is 1. The molecule has 0 fully saturated rings. The molecule has 2 aliphatic rings. The average molecular weight is 395 g/mol. The molecule has 1 aliphatic carbocycles. The Balaban J connectivity index is 2.15. The summed E-state index contributed by atoms with van der Waals surface area (Å²) in [5.74, 6) is -0.223. The van der Waals surface area contributed by atoms with Crippen molar-refractivity contribution in [3.8, 4) is 24.0 Å². The molecule has 2 N–H and O–H groups in total. The second kappa shape index (κ2) is 7.23. The summed E-state index contributed by atoms with van der Waals surface area (Å²) in [7, 11) is 3.57. The van der Waals surface area contributed by atoms with Gasteiger partial charge in [-0.3, -0.25) is 0 Å². The Morgan fingerprint density at radius 3 is 2.53 bits per heavy atom. The maximum Gasteiger partial charge on any atom is 0.191 e. The van der Waals surface area contributed by atoms with Crippen molar-refractivity contribution in [2.75, 3.05) is 27.2 Å². The number of hydrogen-bond donors (Lipinski definition) is 1. The van der Waals surface area contributed by atoms with Gasteiger partial charge in [-0.25, -0.2) is 0 Å². The van der Waals surface area contributed by atoms with Gasteiger partial charge in [-0.1, -0.05) is 36.4 Å². The Morgan fingerprint density at radius 2 is 1.87 bits per heavy atom. The van der Waals surface area contributed by atoms with E-state index in [0.717, 1.165) is 21.9 Å². The van der Waals surface area contributed by atoms with Crippen LogP contribution in [0.3, 0.4) is 0 Å². The van der Waals surface area contributed by atoms with Crippen LogP contribution in [0.25, 0.3) is 10.8 Å². The van der Waals surface area contributed by atoms with E-state index in [1.807, 2.05) is 49.5 Å². The van der Waals surface area contributed by atoms with Crippen molar-refractivity contribution < 1.29 is 4.74 Å². The van der Waals surface area contributed by atoms with Crippen LogP contribution in [-0.2, 0) is 0 Å². The highest BCUT2D eigenvalue weighted by atomic mass is 16.5. The molecule has 1 heterocycles. The van der Waals surface area contributed by atoms with Gasteiger partial charge in [0.2, 0.25) is 0 Å². The summed E-state index contributed by atoms with van der Waals surface area (Å²) in [4.78, 5) is 2.12. The zero-order valence-electron chi connectivity index (χ0n) is 16.9. The number of nitrogens with two attached hydrogens (primary N) is 1. The van der Waals surface area contributed by atoms with E-state index in [2.05, 4.69) is 23.1 Å². The molecule has 0 bridgehead atoms. The predicted molar refractivity (Wildman–Crippen MR) is 113 cm³/mol. The van der Waals surface area contributed by atoms with Crippen LogP contribution in [0.15, 0.2) is 59.3 Å². The van der Waals surface area contributed by atoms with Crippen molar-refractivity contribution in [1.29, 1.82) is 15.8 Å². The largest absolute Gasteiger partial charge is 0.496 e. The first kappa shape index (κ1) is 19.5. The molecule has 0 aromatic heterocycles. The van der Waals surface area contributed by atoms with Crippen LogP contribution >= 0.6 is 0 Å². The monoisotopic (exact) mass is 395 g/mol. The van der Waals surface area contributed by atoms with Crippen LogP contribution in [-0.4, -0.2) is 32.1 Å². The molecule has 6 heteroatoms. The number of methoxy groups -OCH3 is 1. The van der Waals surface area contributed by atoms with Gasteiger partial charge in [0.1, 0.15) is 11.8 Å². The van der Waals surface area contributed by atoms with Crippen LogP contribution in [0.2, 0.25) is 0 Å². The summed E-state index contributed by atoms with van der Waals surface area (Å²) in [5, 5.41) is 32.3. The number of nitrogens with zero attached hydrogens (tertiary/aromatic N) is 4. The molecule has 2 aromatic carbocycles. The lowest BCUT2D eigenvalue weighted by Crippen LogP contribution is -2.47. The SMILES string of the molecule is COc1ccc2ccccc2c1C1C2CN(C)CC=C2C(C#N)=C(N)C1(C#N)C#N. The number of nitriles is 3. The van der Waals surface area contributed by atoms with E-state index >= 15 is 0 Å². The standard InChI is InChI=1S/C24H21N5O/c1-29-10-9-17-18(11-25)23(28)24(13-26,14-27)22(19(17)12-29)21-16-6-4-3-5-15(16)7-8-20(21)30-2/h3-9,19,22H,10,12,28H2,1-2H3. The molecule has 0 spiro atoms. The van der Waals surface area contributed by atoms with E-state index in [-0.39, 0.29) is 17.2 Å². The Hall–Kier alpha value is -3.79. The quantitative estimate of drug-likeness (QED) is 0.836. The number of rotatable bonds is 2. The maximum absolute atomic E-state index is 10.3. The van der Waals surface area contributed by atoms with Gasteiger partial charge in [0.25, 0.3) is 0 Å². The minimum absolute atomic E-state index is 0.0297. The predicted octanol–water partition coefficient (Wildman–Crippen LogP) is 3.20. The van der Waals surface area contributed by atoms with Crippen molar-refractivity contribution in [2.24, 2.45) is 17.1 Å². The zero-order chi connectivity index (χ0) is 21.5. The van der Waals surface area contributed by atoms with Gasteiger partial charge in [-0.2, -0.15) is 15.8 Å². The van der Waals surface area contributed by atoms with Gasteiger partial charge in [0.15, 0.2) is 5.41 Å². The van der Waals surface area contributed by atoms with Crippen molar-refractivity contribution in [3.63, 3.8) is 0 Å². The van der Waals surface area contributed by atoms with Crippen LogP contribution in [0.1, 0.15) is 11.5 Å². The van der Waals surface area contributed by atoms with Crippen molar-refractivity contribution in [2.45, 2.75) is 5.92 Å². The molecule has 0 saturated heterocycles. The lowest BCUT2D eigenvalue weighted by Gasteiger charge is -2.45. The lowest BCUT2D eigenvalue weighted by molar-refractivity contribution is 0.235. The molecule has 0 saturated carbocycles. The fraction of sp³-hybridized carbons (Fsp3) is 0.292. The van der Waals surface area contributed by atoms with E-state index in [1.165, 1.54) is 0 Å². The molecule has 4 rings (SSSR count). The smallest absolute Gasteiger partial charge is 0.191 e. The molecule has 1 aliphatic heterocycles. The van der Waals surface area contributed by atoms with E-state index in [9.17, 15) is 15.8 Å². The van der Waals surface area contributed by atoms with Gasteiger partial charge >= 0.3 is 0 Å². The number of benzene rings is 2. The Labute approximate surface area is 175 Å². The fourth-order valence-corrected chi connectivity index (χ4v) is 4.91. The normalized spacial score (nSPS) is 23.0. The first-order chi connectivity index (χ1) is 14.5. The first-order valence-electron chi connectivity index (χ1n) is 9.69. The summed E-state index contributed by atoms with van der Waals surface area (Å²) in [6.45, 7) is 1.28. The number of ether oxygens (including phenoxy) is 1. The highest BCUT2D eigenvalue weighted by molar-refractivity contribution is 5.89. The average Bonchev–Trinajstić information content (AvgIpc) is 2.78. The Morgan fingerprint density at radius 1 is 1.13 bits per heavy atom. The third kappa shape index (κ3) is 2.57. The van der Waals surface area contributed by atoms with E-state index < -0.39 is 11.3 Å². The third-order valence-electron chi connectivity index (χ3n) is 6.31. The number of fused-ring (bicyclic) bond motifs is 2. The van der Waals surface area contributed by atoms with E-state index in [4.69, 9.17) is 10.5 Å². The Bertz CT molecular complexity index is 1210. The maximum atomic E-state index is 10.3. The molecule has 2 unspecified atom stereocenters.